The number of aliphatic carboxylic acids is 1. The molecule has 3 N–H and O–H groups in total. The number of amides is 2. The van der Waals surface area contributed by atoms with Gasteiger partial charge in [-0.1, -0.05) is 56.3 Å². The molecule has 2 aromatic rings. The smallest absolute Gasteiger partial charge is 0.303 e. The Kier molecular flexibility index (Phi) is 8.40. The first kappa shape index (κ1) is 22.1. The highest BCUT2D eigenvalue weighted by atomic mass is 16.4. The number of carboxylic acids is 1. The van der Waals surface area contributed by atoms with E-state index in [9.17, 15) is 14.4 Å². The zero-order valence-corrected chi connectivity index (χ0v) is 16.9. The van der Waals surface area contributed by atoms with Gasteiger partial charge in [0, 0.05) is 18.5 Å². The van der Waals surface area contributed by atoms with Crippen LogP contribution < -0.4 is 10.6 Å². The molecule has 154 valence electrons. The van der Waals surface area contributed by atoms with Crippen LogP contribution in [0.3, 0.4) is 0 Å². The minimum Gasteiger partial charge on any atom is -0.481 e. The van der Waals surface area contributed by atoms with Crippen LogP contribution in [0, 0.1) is 5.92 Å². The lowest BCUT2D eigenvalue weighted by Gasteiger charge is -2.18. The molecule has 0 bridgehead atoms. The first-order chi connectivity index (χ1) is 13.9. The van der Waals surface area contributed by atoms with Crippen LogP contribution in [0.15, 0.2) is 54.6 Å². The van der Waals surface area contributed by atoms with E-state index >= 15 is 0 Å². The maximum Gasteiger partial charge on any atom is 0.303 e. The molecule has 6 nitrogen and oxygen atoms in total. The van der Waals surface area contributed by atoms with Crippen LogP contribution in [0.1, 0.15) is 43.5 Å². The lowest BCUT2D eigenvalue weighted by molar-refractivity contribution is -0.137. The van der Waals surface area contributed by atoms with Crippen molar-refractivity contribution in [3.8, 4) is 11.1 Å². The van der Waals surface area contributed by atoms with Gasteiger partial charge in [-0.25, -0.2) is 0 Å². The average Bonchev–Trinajstić information content (AvgIpc) is 2.71. The predicted molar refractivity (Wildman–Crippen MR) is 112 cm³/mol. The standard InChI is InChI=1S/C23H28N2O4/c1-16(2)14-15-24-23(29)20(12-13-21(26)27)25-22(28)19-10-8-18(9-11-19)17-6-4-3-5-7-17/h3-11,16,20H,12-15H2,1-2H3,(H,24,29)(H,25,28)(H,26,27)/t20-/m0/s1. The quantitative estimate of drug-likeness (QED) is 0.573. The van der Waals surface area contributed by atoms with E-state index in [4.69, 9.17) is 5.11 Å². The Morgan fingerprint density at radius 2 is 1.52 bits per heavy atom. The van der Waals surface area contributed by atoms with Crippen LogP contribution in [-0.4, -0.2) is 35.5 Å². The minimum atomic E-state index is -1.01. The van der Waals surface area contributed by atoms with E-state index in [1.54, 1.807) is 12.1 Å². The molecule has 29 heavy (non-hydrogen) atoms. The normalized spacial score (nSPS) is 11.7. The van der Waals surface area contributed by atoms with Gasteiger partial charge >= 0.3 is 5.97 Å². The Morgan fingerprint density at radius 1 is 0.897 bits per heavy atom. The Hall–Kier alpha value is -3.15. The Labute approximate surface area is 171 Å². The van der Waals surface area contributed by atoms with E-state index in [0.717, 1.165) is 17.5 Å². The molecule has 2 rings (SSSR count). The van der Waals surface area contributed by atoms with E-state index in [1.165, 1.54) is 0 Å². The number of hydrogen-bond acceptors (Lipinski definition) is 3. The summed E-state index contributed by atoms with van der Waals surface area (Å²) in [5.74, 6) is -1.34. The average molecular weight is 396 g/mol. The molecule has 0 aliphatic rings. The highest BCUT2D eigenvalue weighted by Crippen LogP contribution is 2.19. The number of carboxylic acid groups (broad SMARTS) is 1. The van der Waals surface area contributed by atoms with E-state index < -0.39 is 17.9 Å². The third-order valence-corrected chi connectivity index (χ3v) is 4.54. The second-order valence-corrected chi connectivity index (χ2v) is 7.38. The fraction of sp³-hybridized carbons (Fsp3) is 0.348. The molecule has 6 heteroatoms. The number of hydrogen-bond donors (Lipinski definition) is 3. The summed E-state index contributed by atoms with van der Waals surface area (Å²) in [7, 11) is 0. The van der Waals surface area contributed by atoms with Crippen molar-refractivity contribution in [3.05, 3.63) is 60.2 Å². The largest absolute Gasteiger partial charge is 0.481 e. The molecule has 0 heterocycles. The molecule has 2 aromatic carbocycles. The van der Waals surface area contributed by atoms with Gasteiger partial charge in [-0.3, -0.25) is 14.4 Å². The Balaban J connectivity index is 2.03. The van der Waals surface area contributed by atoms with Crippen LogP contribution in [0.4, 0.5) is 0 Å². The summed E-state index contributed by atoms with van der Waals surface area (Å²) in [6, 6.07) is 16.0. The van der Waals surface area contributed by atoms with Gasteiger partial charge < -0.3 is 15.7 Å². The monoisotopic (exact) mass is 396 g/mol. The van der Waals surface area contributed by atoms with Crippen molar-refractivity contribution in [1.82, 2.24) is 10.6 Å². The number of benzene rings is 2. The fourth-order valence-electron chi connectivity index (χ4n) is 2.83. The maximum atomic E-state index is 12.6. The molecule has 2 amide bonds. The second kappa shape index (κ2) is 11.0. The van der Waals surface area contributed by atoms with E-state index in [1.807, 2.05) is 42.5 Å². The zero-order valence-electron chi connectivity index (χ0n) is 16.9. The minimum absolute atomic E-state index is 0.0384. The third kappa shape index (κ3) is 7.41. The maximum absolute atomic E-state index is 12.6. The summed E-state index contributed by atoms with van der Waals surface area (Å²) >= 11 is 0. The third-order valence-electron chi connectivity index (χ3n) is 4.54. The summed E-state index contributed by atoms with van der Waals surface area (Å²) in [4.78, 5) is 35.9. The zero-order chi connectivity index (χ0) is 21.2. The van der Waals surface area contributed by atoms with Gasteiger partial charge in [-0.2, -0.15) is 0 Å². The lowest BCUT2D eigenvalue weighted by atomic mass is 10.0. The molecule has 0 aliphatic heterocycles. The van der Waals surface area contributed by atoms with Gasteiger partial charge in [0.1, 0.15) is 6.04 Å². The van der Waals surface area contributed by atoms with Crippen molar-refractivity contribution in [1.29, 1.82) is 0 Å². The number of rotatable bonds is 10. The van der Waals surface area contributed by atoms with Crippen molar-refractivity contribution in [2.75, 3.05) is 6.54 Å². The van der Waals surface area contributed by atoms with Crippen LogP contribution >= 0.6 is 0 Å². The number of carbonyl (C=O) groups excluding carboxylic acids is 2. The van der Waals surface area contributed by atoms with Crippen molar-refractivity contribution < 1.29 is 19.5 Å². The second-order valence-electron chi connectivity index (χ2n) is 7.38. The summed E-state index contributed by atoms with van der Waals surface area (Å²) in [5.41, 5.74) is 2.44. The molecular weight excluding hydrogens is 368 g/mol. The first-order valence-electron chi connectivity index (χ1n) is 9.82. The van der Waals surface area contributed by atoms with Crippen molar-refractivity contribution in [3.63, 3.8) is 0 Å². The van der Waals surface area contributed by atoms with Crippen LogP contribution in [0.25, 0.3) is 11.1 Å². The van der Waals surface area contributed by atoms with E-state index in [-0.39, 0.29) is 18.7 Å². The van der Waals surface area contributed by atoms with Crippen LogP contribution in [0.5, 0.6) is 0 Å². The highest BCUT2D eigenvalue weighted by Gasteiger charge is 2.22. The Morgan fingerprint density at radius 3 is 2.10 bits per heavy atom. The van der Waals surface area contributed by atoms with E-state index in [0.29, 0.717) is 18.0 Å². The number of nitrogens with one attached hydrogen (secondary N) is 2. The van der Waals surface area contributed by atoms with E-state index in [2.05, 4.69) is 24.5 Å². The number of carbonyl (C=O) groups is 3. The SMILES string of the molecule is CC(C)CCNC(=O)[C@H](CCC(=O)O)NC(=O)c1ccc(-c2ccccc2)cc1. The molecule has 0 radical (unpaired) electrons. The van der Waals surface area contributed by atoms with Crippen LogP contribution in [-0.2, 0) is 9.59 Å². The fourth-order valence-corrected chi connectivity index (χ4v) is 2.83. The Bertz CT molecular complexity index is 817. The first-order valence-corrected chi connectivity index (χ1v) is 9.82. The topological polar surface area (TPSA) is 95.5 Å². The van der Waals surface area contributed by atoms with Crippen molar-refractivity contribution >= 4 is 17.8 Å². The molecule has 0 aromatic heterocycles. The summed E-state index contributed by atoms with van der Waals surface area (Å²) in [6.45, 7) is 4.59. The van der Waals surface area contributed by atoms with Gasteiger partial charge in [-0.05, 0) is 42.0 Å². The van der Waals surface area contributed by atoms with Crippen LogP contribution in [0.2, 0.25) is 0 Å². The van der Waals surface area contributed by atoms with Crippen molar-refractivity contribution in [2.45, 2.75) is 39.2 Å². The molecular formula is C23H28N2O4. The molecule has 0 spiro atoms. The highest BCUT2D eigenvalue weighted by molar-refractivity contribution is 5.98. The molecule has 0 aliphatic carbocycles. The molecule has 0 fully saturated rings. The van der Waals surface area contributed by atoms with Gasteiger partial charge in [-0.15, -0.1) is 0 Å². The van der Waals surface area contributed by atoms with Gasteiger partial charge in [0.05, 0.1) is 0 Å². The molecule has 0 unspecified atom stereocenters. The summed E-state index contributed by atoms with van der Waals surface area (Å²) in [5, 5.41) is 14.4. The summed E-state index contributed by atoms with van der Waals surface area (Å²) < 4.78 is 0. The van der Waals surface area contributed by atoms with Gasteiger partial charge in [0.25, 0.3) is 5.91 Å². The van der Waals surface area contributed by atoms with Gasteiger partial charge in [0.2, 0.25) is 5.91 Å². The summed E-state index contributed by atoms with van der Waals surface area (Å²) in [6.07, 6.45) is 0.651. The lowest BCUT2D eigenvalue weighted by Crippen LogP contribution is -2.47. The molecule has 1 atom stereocenters. The van der Waals surface area contributed by atoms with Gasteiger partial charge in [0.15, 0.2) is 0 Å². The molecule has 0 saturated heterocycles. The molecule has 0 saturated carbocycles. The predicted octanol–water partition coefficient (Wildman–Crippen LogP) is 3.48. The van der Waals surface area contributed by atoms with Crippen molar-refractivity contribution in [2.24, 2.45) is 5.92 Å².